The molecule has 0 bridgehead atoms. The van der Waals surface area contributed by atoms with Gasteiger partial charge in [0.25, 0.3) is 0 Å². The fraction of sp³-hybridized carbons (Fsp3) is 0.400. The molecule has 0 aliphatic carbocycles. The smallest absolute Gasteiger partial charge is 0.189 e. The van der Waals surface area contributed by atoms with Crippen molar-refractivity contribution in [2.45, 2.75) is 28.6 Å². The molecule has 29 heavy (non-hydrogen) atoms. The first-order valence-electron chi connectivity index (χ1n) is 9.17. The van der Waals surface area contributed by atoms with Gasteiger partial charge in [-0.25, -0.2) is 17.2 Å². The largest absolute Gasteiger partial charge is 0.490 e. The molecule has 2 aromatic rings. The molecule has 1 fully saturated rings. The summed E-state index contributed by atoms with van der Waals surface area (Å²) in [6.07, 6.45) is -0.605. The van der Waals surface area contributed by atoms with E-state index in [0.717, 1.165) is 12.1 Å². The average molecular weight is 445 g/mol. The number of ether oxygens (including phenoxy) is 2. The number of sulfone groups is 1. The number of rotatable bonds is 4. The summed E-state index contributed by atoms with van der Waals surface area (Å²) in [6.45, 7) is -0.398. The van der Waals surface area contributed by atoms with Gasteiger partial charge in [-0.05, 0) is 49.2 Å². The molecule has 0 aromatic heterocycles. The number of hydrogen-bond acceptors (Lipinski definition) is 5. The fourth-order valence-electron chi connectivity index (χ4n) is 4.46. The zero-order valence-corrected chi connectivity index (χ0v) is 16.8. The van der Waals surface area contributed by atoms with Crippen LogP contribution < -0.4 is 4.74 Å². The van der Waals surface area contributed by atoms with Crippen LogP contribution in [-0.2, 0) is 19.3 Å². The van der Waals surface area contributed by atoms with Crippen molar-refractivity contribution in [1.29, 1.82) is 0 Å². The van der Waals surface area contributed by atoms with E-state index in [2.05, 4.69) is 0 Å². The Hall–Kier alpha value is -1.74. The summed E-state index contributed by atoms with van der Waals surface area (Å²) in [5.41, 5.74) is -0.310. The summed E-state index contributed by atoms with van der Waals surface area (Å²) in [5.74, 6) is -2.89. The minimum absolute atomic E-state index is 0.0172. The lowest BCUT2D eigenvalue weighted by Crippen LogP contribution is -2.57. The number of fused-ring (bicyclic) bond motifs is 3. The Bertz CT molecular complexity index is 1030. The first-order chi connectivity index (χ1) is 13.8. The van der Waals surface area contributed by atoms with Crippen LogP contribution >= 0.6 is 11.6 Å². The van der Waals surface area contributed by atoms with Gasteiger partial charge in [-0.3, -0.25) is 0 Å². The molecule has 156 valence electrons. The highest BCUT2D eigenvalue weighted by molar-refractivity contribution is 7.92. The summed E-state index contributed by atoms with van der Waals surface area (Å²) in [4.78, 5) is -0.0481. The van der Waals surface area contributed by atoms with Crippen molar-refractivity contribution in [2.24, 2.45) is 5.92 Å². The van der Waals surface area contributed by atoms with Crippen LogP contribution in [0.1, 0.15) is 18.4 Å². The number of halogens is 3. The topological polar surface area (TPSA) is 72.8 Å². The van der Waals surface area contributed by atoms with Gasteiger partial charge in [-0.1, -0.05) is 11.6 Å². The van der Waals surface area contributed by atoms with E-state index in [1.54, 1.807) is 0 Å². The molecule has 2 aliphatic rings. The second-order valence-corrected chi connectivity index (χ2v) is 9.81. The second kappa shape index (κ2) is 7.50. The highest BCUT2D eigenvalue weighted by atomic mass is 35.5. The van der Waals surface area contributed by atoms with Crippen molar-refractivity contribution < 1.29 is 31.8 Å². The quantitative estimate of drug-likeness (QED) is 0.781. The molecule has 1 saturated heterocycles. The Morgan fingerprint density at radius 2 is 1.83 bits per heavy atom. The number of benzene rings is 2. The molecule has 0 spiro atoms. The minimum Gasteiger partial charge on any atom is -0.490 e. The van der Waals surface area contributed by atoms with Crippen molar-refractivity contribution >= 4 is 21.4 Å². The number of aliphatic hydroxyl groups is 1. The molecule has 3 atom stereocenters. The summed E-state index contributed by atoms with van der Waals surface area (Å²) in [7, 11) is -4.21. The summed E-state index contributed by atoms with van der Waals surface area (Å²) in [5, 5.41) is 9.77. The van der Waals surface area contributed by atoms with Crippen molar-refractivity contribution in [3.05, 3.63) is 58.6 Å². The molecule has 0 radical (unpaired) electrons. The zero-order chi connectivity index (χ0) is 20.8. The SMILES string of the molecule is O=S(=O)(c1ccc(Cl)cc1)C12CCO[C@H](CCO)[C@H]1COc1c(F)ccc(F)c12. The lowest BCUT2D eigenvalue weighted by atomic mass is 9.75. The number of aliphatic hydroxyl groups excluding tert-OH is 1. The average Bonchev–Trinajstić information content (AvgIpc) is 2.71. The Balaban J connectivity index is 2.01. The highest BCUT2D eigenvalue weighted by Crippen LogP contribution is 2.55. The predicted molar refractivity (Wildman–Crippen MR) is 102 cm³/mol. The highest BCUT2D eigenvalue weighted by Gasteiger charge is 2.61. The van der Waals surface area contributed by atoms with Crippen LogP contribution in [0.3, 0.4) is 0 Å². The van der Waals surface area contributed by atoms with Gasteiger partial charge in [-0.2, -0.15) is 0 Å². The van der Waals surface area contributed by atoms with Crippen LogP contribution in [0.5, 0.6) is 5.75 Å². The van der Waals surface area contributed by atoms with E-state index in [4.69, 9.17) is 21.1 Å². The minimum atomic E-state index is -4.21. The maximum absolute atomic E-state index is 15.1. The van der Waals surface area contributed by atoms with Crippen molar-refractivity contribution in [1.82, 2.24) is 0 Å². The molecule has 1 N–H and O–H groups in total. The van der Waals surface area contributed by atoms with Gasteiger partial charge >= 0.3 is 0 Å². The molecule has 2 heterocycles. The van der Waals surface area contributed by atoms with Gasteiger partial charge in [0.2, 0.25) is 0 Å². The molecule has 5 nitrogen and oxygen atoms in total. The summed E-state index contributed by atoms with van der Waals surface area (Å²) >= 11 is 5.90. The summed E-state index contributed by atoms with van der Waals surface area (Å²) in [6, 6.07) is 7.41. The van der Waals surface area contributed by atoms with Crippen LogP contribution in [0.25, 0.3) is 0 Å². The lowest BCUT2D eigenvalue weighted by molar-refractivity contribution is -0.0806. The zero-order valence-electron chi connectivity index (χ0n) is 15.3. The maximum atomic E-state index is 15.1. The van der Waals surface area contributed by atoms with Crippen molar-refractivity contribution in [2.75, 3.05) is 19.8 Å². The van der Waals surface area contributed by atoms with Gasteiger partial charge in [0.1, 0.15) is 10.6 Å². The molecule has 2 aromatic carbocycles. The third kappa shape index (κ3) is 3.04. The van der Waals surface area contributed by atoms with E-state index in [0.29, 0.717) is 5.02 Å². The Morgan fingerprint density at radius 3 is 2.52 bits per heavy atom. The van der Waals surface area contributed by atoms with E-state index in [1.807, 2.05) is 0 Å². The molecule has 4 rings (SSSR count). The summed E-state index contributed by atoms with van der Waals surface area (Å²) < 4.78 is 66.8. The van der Waals surface area contributed by atoms with E-state index in [1.165, 1.54) is 24.3 Å². The van der Waals surface area contributed by atoms with Gasteiger partial charge < -0.3 is 14.6 Å². The Morgan fingerprint density at radius 1 is 1.14 bits per heavy atom. The normalized spacial score (nSPS) is 26.3. The molecule has 2 aliphatic heterocycles. The number of hydrogen-bond donors (Lipinski definition) is 1. The Labute approximate surface area is 172 Å². The van der Waals surface area contributed by atoms with Crippen LogP contribution in [0.4, 0.5) is 8.78 Å². The van der Waals surface area contributed by atoms with Gasteiger partial charge in [0, 0.05) is 24.2 Å². The van der Waals surface area contributed by atoms with Crippen LogP contribution in [0, 0.1) is 17.6 Å². The van der Waals surface area contributed by atoms with Gasteiger partial charge in [-0.15, -0.1) is 0 Å². The van der Waals surface area contributed by atoms with Crippen LogP contribution in [0.15, 0.2) is 41.3 Å². The third-order valence-electron chi connectivity index (χ3n) is 5.76. The van der Waals surface area contributed by atoms with E-state index in [-0.39, 0.29) is 48.9 Å². The molecular formula is C20H19ClF2O5S. The van der Waals surface area contributed by atoms with Crippen molar-refractivity contribution in [3.8, 4) is 5.75 Å². The molecule has 1 unspecified atom stereocenters. The molecular weight excluding hydrogens is 426 g/mol. The molecule has 9 heteroatoms. The van der Waals surface area contributed by atoms with E-state index in [9.17, 15) is 17.9 Å². The van der Waals surface area contributed by atoms with E-state index < -0.39 is 38.2 Å². The maximum Gasteiger partial charge on any atom is 0.189 e. The van der Waals surface area contributed by atoms with Crippen LogP contribution in [0.2, 0.25) is 5.02 Å². The first-order valence-corrected chi connectivity index (χ1v) is 11.0. The fourth-order valence-corrected chi connectivity index (χ4v) is 6.93. The molecule has 0 amide bonds. The lowest BCUT2D eigenvalue weighted by Gasteiger charge is -2.50. The third-order valence-corrected chi connectivity index (χ3v) is 8.57. The van der Waals surface area contributed by atoms with Crippen LogP contribution in [-0.4, -0.2) is 39.4 Å². The molecule has 0 saturated carbocycles. The standard InChI is InChI=1S/C20H19ClF2O5S/c21-12-1-3-13(4-2-12)29(25,26)20-8-10-27-17(7-9-24)14(20)11-28-19-16(23)6-5-15(22)18(19)20/h1-6,14,17,24H,7-11H2/t14-,17-,20?/m1/s1. The predicted octanol–water partition coefficient (Wildman–Crippen LogP) is 3.47. The van der Waals surface area contributed by atoms with Gasteiger partial charge in [0.05, 0.1) is 23.2 Å². The van der Waals surface area contributed by atoms with Crippen molar-refractivity contribution in [3.63, 3.8) is 0 Å². The van der Waals surface area contributed by atoms with Gasteiger partial charge in [0.15, 0.2) is 21.4 Å². The first kappa shape index (κ1) is 20.5. The Kier molecular flexibility index (Phi) is 5.31. The monoisotopic (exact) mass is 444 g/mol. The second-order valence-electron chi connectivity index (χ2n) is 7.17. The van der Waals surface area contributed by atoms with E-state index >= 15 is 4.39 Å².